The number of nitrogens with one attached hydrogen (secondary N) is 1. The number of methoxy groups -OCH3 is 2. The van der Waals surface area contributed by atoms with Crippen LogP contribution in [0.1, 0.15) is 30.7 Å². The summed E-state index contributed by atoms with van der Waals surface area (Å²) in [4.78, 5) is 32.0. The molecule has 8 heteroatoms. The standard InChI is InChI=1S/C25H26N4O4/c1-25(2)23-18(17-7-5-6-8-19(17)27-23)12-20-24(31)28(14-22(30)29(20)25)26-13-15-11-16(32-3)9-10-21(15)33-4/h5-11,13,20,27H,12,14H2,1-4H3/b26-13-/t20-/m0/s1. The van der Waals surface area contributed by atoms with Gasteiger partial charge >= 0.3 is 0 Å². The molecule has 0 spiro atoms. The molecular weight excluding hydrogens is 420 g/mol. The molecule has 0 radical (unpaired) electrons. The quantitative estimate of drug-likeness (QED) is 0.624. The number of fused-ring (bicyclic) bond motifs is 4. The van der Waals surface area contributed by atoms with Crippen LogP contribution in [0.5, 0.6) is 11.5 Å². The number of aromatic amines is 1. The van der Waals surface area contributed by atoms with E-state index in [0.29, 0.717) is 23.5 Å². The van der Waals surface area contributed by atoms with Gasteiger partial charge in [-0.05, 0) is 43.7 Å². The molecule has 5 rings (SSSR count). The van der Waals surface area contributed by atoms with Crippen molar-refractivity contribution in [1.29, 1.82) is 0 Å². The van der Waals surface area contributed by atoms with Gasteiger partial charge < -0.3 is 19.4 Å². The Morgan fingerprint density at radius 3 is 2.67 bits per heavy atom. The number of piperazine rings is 1. The first kappa shape index (κ1) is 21.1. The predicted molar refractivity (Wildman–Crippen MR) is 125 cm³/mol. The predicted octanol–water partition coefficient (Wildman–Crippen LogP) is 3.05. The fraction of sp³-hybridized carbons (Fsp3) is 0.320. The lowest BCUT2D eigenvalue weighted by molar-refractivity contribution is -0.163. The summed E-state index contributed by atoms with van der Waals surface area (Å²) < 4.78 is 10.7. The molecule has 8 nitrogen and oxygen atoms in total. The summed E-state index contributed by atoms with van der Waals surface area (Å²) in [5.74, 6) is 0.907. The van der Waals surface area contributed by atoms with Crippen molar-refractivity contribution in [3.63, 3.8) is 0 Å². The van der Waals surface area contributed by atoms with Crippen molar-refractivity contribution in [3.8, 4) is 11.5 Å². The summed E-state index contributed by atoms with van der Waals surface area (Å²) in [6.07, 6.45) is 1.98. The van der Waals surface area contributed by atoms with Gasteiger partial charge in [-0.2, -0.15) is 5.10 Å². The van der Waals surface area contributed by atoms with E-state index >= 15 is 0 Å². The molecule has 1 fully saturated rings. The SMILES string of the molecule is COc1ccc(OC)c(/C=N\N2CC(=O)N3[C@@H](Cc4c([nH]c5ccccc45)C3(C)C)C2=O)c1. The Morgan fingerprint density at radius 2 is 1.91 bits per heavy atom. The van der Waals surface area contributed by atoms with Crippen molar-refractivity contribution in [3.05, 3.63) is 59.3 Å². The Bertz CT molecular complexity index is 1290. The minimum absolute atomic E-state index is 0.114. The van der Waals surface area contributed by atoms with Crippen molar-refractivity contribution in [2.45, 2.75) is 31.8 Å². The van der Waals surface area contributed by atoms with Crippen LogP contribution in [0.15, 0.2) is 47.6 Å². The van der Waals surface area contributed by atoms with Crippen LogP contribution in [0.25, 0.3) is 10.9 Å². The van der Waals surface area contributed by atoms with Gasteiger partial charge in [0, 0.05) is 28.6 Å². The molecule has 1 atom stereocenters. The monoisotopic (exact) mass is 446 g/mol. The Labute approximate surface area is 191 Å². The van der Waals surface area contributed by atoms with E-state index in [4.69, 9.17) is 9.47 Å². The fourth-order valence-corrected chi connectivity index (χ4v) is 5.04. The van der Waals surface area contributed by atoms with Crippen LogP contribution >= 0.6 is 0 Å². The van der Waals surface area contributed by atoms with Gasteiger partial charge in [0.15, 0.2) is 0 Å². The molecule has 0 saturated carbocycles. The third-order valence-corrected chi connectivity index (χ3v) is 6.60. The second-order valence-electron chi connectivity index (χ2n) is 8.82. The molecule has 0 bridgehead atoms. The lowest BCUT2D eigenvalue weighted by Gasteiger charge is -2.50. The van der Waals surface area contributed by atoms with E-state index in [1.54, 1.807) is 37.3 Å². The average molecular weight is 447 g/mol. The zero-order valence-electron chi connectivity index (χ0n) is 19.1. The maximum absolute atomic E-state index is 13.5. The van der Waals surface area contributed by atoms with E-state index in [1.807, 2.05) is 32.0 Å². The van der Waals surface area contributed by atoms with Crippen molar-refractivity contribution >= 4 is 28.9 Å². The molecule has 3 heterocycles. The summed E-state index contributed by atoms with van der Waals surface area (Å²) in [6, 6.07) is 12.7. The van der Waals surface area contributed by atoms with E-state index in [0.717, 1.165) is 22.2 Å². The average Bonchev–Trinajstić information content (AvgIpc) is 3.19. The number of nitrogens with zero attached hydrogens (tertiary/aromatic N) is 3. The van der Waals surface area contributed by atoms with Gasteiger partial charge in [0.2, 0.25) is 5.91 Å². The number of hydrogen-bond donors (Lipinski definition) is 1. The highest BCUT2D eigenvalue weighted by Crippen LogP contribution is 2.42. The van der Waals surface area contributed by atoms with Crippen LogP contribution in [0.4, 0.5) is 0 Å². The molecule has 170 valence electrons. The highest BCUT2D eigenvalue weighted by Gasteiger charge is 2.51. The summed E-state index contributed by atoms with van der Waals surface area (Å²) >= 11 is 0. The molecule has 0 aliphatic carbocycles. The third kappa shape index (κ3) is 3.25. The highest BCUT2D eigenvalue weighted by atomic mass is 16.5. The molecule has 1 saturated heterocycles. The van der Waals surface area contributed by atoms with Gasteiger partial charge in [0.25, 0.3) is 5.91 Å². The summed E-state index contributed by atoms with van der Waals surface area (Å²) in [5, 5.41) is 6.73. The lowest BCUT2D eigenvalue weighted by atomic mass is 9.82. The Hall–Kier alpha value is -3.81. The van der Waals surface area contributed by atoms with Crippen molar-refractivity contribution in [2.24, 2.45) is 5.10 Å². The van der Waals surface area contributed by atoms with Crippen LogP contribution in [-0.2, 0) is 21.5 Å². The molecule has 2 aliphatic rings. The number of rotatable bonds is 4. The molecule has 1 N–H and O–H groups in total. The van der Waals surface area contributed by atoms with Crippen LogP contribution in [0.2, 0.25) is 0 Å². The first-order valence-electron chi connectivity index (χ1n) is 10.8. The van der Waals surface area contributed by atoms with Gasteiger partial charge in [-0.1, -0.05) is 18.2 Å². The van der Waals surface area contributed by atoms with Crippen LogP contribution in [-0.4, -0.2) is 59.7 Å². The van der Waals surface area contributed by atoms with Crippen LogP contribution in [0.3, 0.4) is 0 Å². The largest absolute Gasteiger partial charge is 0.497 e. The number of amides is 2. The lowest BCUT2D eigenvalue weighted by Crippen LogP contribution is -2.66. The molecule has 2 amide bonds. The van der Waals surface area contributed by atoms with Gasteiger partial charge in [0.1, 0.15) is 24.1 Å². The van der Waals surface area contributed by atoms with Gasteiger partial charge in [-0.15, -0.1) is 0 Å². The Balaban J connectivity index is 1.50. The van der Waals surface area contributed by atoms with Crippen LogP contribution in [0, 0.1) is 0 Å². The van der Waals surface area contributed by atoms with Gasteiger partial charge in [0.05, 0.1) is 26.0 Å². The summed E-state index contributed by atoms with van der Waals surface area (Å²) in [6.45, 7) is 3.86. The number of aromatic nitrogens is 1. The molecular formula is C25H26N4O4. The van der Waals surface area contributed by atoms with Gasteiger partial charge in [-0.25, -0.2) is 5.01 Å². The minimum Gasteiger partial charge on any atom is -0.497 e. The fourth-order valence-electron chi connectivity index (χ4n) is 5.04. The normalized spacial score (nSPS) is 19.7. The van der Waals surface area contributed by atoms with E-state index in [-0.39, 0.29) is 18.4 Å². The molecule has 3 aromatic rings. The van der Waals surface area contributed by atoms with Crippen molar-refractivity contribution in [1.82, 2.24) is 14.9 Å². The van der Waals surface area contributed by atoms with Crippen LogP contribution < -0.4 is 9.47 Å². The maximum atomic E-state index is 13.5. The number of hydrazone groups is 1. The zero-order valence-corrected chi connectivity index (χ0v) is 19.1. The number of hydrogen-bond acceptors (Lipinski definition) is 5. The number of ether oxygens (including phenoxy) is 2. The number of H-pyrrole nitrogens is 1. The second-order valence-corrected chi connectivity index (χ2v) is 8.82. The highest BCUT2D eigenvalue weighted by molar-refractivity contribution is 5.98. The van der Waals surface area contributed by atoms with E-state index < -0.39 is 11.6 Å². The topological polar surface area (TPSA) is 87.2 Å². The number of carbonyl (C=O) groups is 2. The minimum atomic E-state index is -0.643. The Morgan fingerprint density at radius 1 is 1.12 bits per heavy atom. The number of carbonyl (C=O) groups excluding carboxylic acids is 2. The van der Waals surface area contributed by atoms with E-state index in [2.05, 4.69) is 16.2 Å². The molecule has 33 heavy (non-hydrogen) atoms. The smallest absolute Gasteiger partial charge is 0.266 e. The maximum Gasteiger partial charge on any atom is 0.266 e. The first-order chi connectivity index (χ1) is 15.8. The second kappa shape index (κ2) is 7.65. The molecule has 0 unspecified atom stereocenters. The first-order valence-corrected chi connectivity index (χ1v) is 10.8. The summed E-state index contributed by atoms with van der Waals surface area (Å²) in [5.41, 5.74) is 3.09. The molecule has 1 aromatic heterocycles. The molecule has 2 aromatic carbocycles. The summed E-state index contributed by atoms with van der Waals surface area (Å²) in [7, 11) is 3.14. The van der Waals surface area contributed by atoms with Gasteiger partial charge in [-0.3, -0.25) is 9.59 Å². The zero-order chi connectivity index (χ0) is 23.3. The van der Waals surface area contributed by atoms with Crippen molar-refractivity contribution < 1.29 is 19.1 Å². The Kier molecular flexibility index (Phi) is 4.88. The third-order valence-electron chi connectivity index (χ3n) is 6.60. The molecule has 2 aliphatic heterocycles. The van der Waals surface area contributed by atoms with Crippen molar-refractivity contribution in [2.75, 3.05) is 20.8 Å². The number of benzene rings is 2. The van der Waals surface area contributed by atoms with E-state index in [9.17, 15) is 9.59 Å². The number of para-hydroxylation sites is 1. The van der Waals surface area contributed by atoms with E-state index in [1.165, 1.54) is 11.2 Å².